The maximum Gasteiger partial charge on any atom is 0.274 e. The molecule has 3 heterocycles. The second-order valence-electron chi connectivity index (χ2n) is 6.79. The number of nitrogens with zero attached hydrogens (tertiary/aromatic N) is 4. The van der Waals surface area contributed by atoms with E-state index in [0.717, 1.165) is 35.5 Å². The minimum absolute atomic E-state index is 0.0351. The summed E-state index contributed by atoms with van der Waals surface area (Å²) in [7, 11) is 1.68. The van der Waals surface area contributed by atoms with E-state index in [1.807, 2.05) is 47.4 Å². The minimum Gasteiger partial charge on any atom is -0.496 e. The Labute approximate surface area is 164 Å². The molecular weight excluding hydrogens is 352 g/mol. The summed E-state index contributed by atoms with van der Waals surface area (Å²) in [6.07, 6.45) is 7.17. The summed E-state index contributed by atoms with van der Waals surface area (Å²) in [4.78, 5) is 27.8. The van der Waals surface area contributed by atoms with E-state index >= 15 is 0 Å². The van der Waals surface area contributed by atoms with Crippen LogP contribution in [0.15, 0.2) is 61.1 Å². The zero-order valence-electron chi connectivity index (χ0n) is 15.8. The molecule has 1 fully saturated rings. The lowest BCUT2D eigenvalue weighted by Gasteiger charge is -2.24. The number of hydrogen-bond donors (Lipinski definition) is 0. The fourth-order valence-corrected chi connectivity index (χ4v) is 3.70. The molecule has 6 heteroatoms. The Morgan fingerprint density at radius 3 is 2.89 bits per heavy atom. The van der Waals surface area contributed by atoms with E-state index in [0.29, 0.717) is 18.7 Å². The molecule has 1 amide bonds. The van der Waals surface area contributed by atoms with Gasteiger partial charge in [0.25, 0.3) is 5.91 Å². The molecule has 1 aromatic carbocycles. The summed E-state index contributed by atoms with van der Waals surface area (Å²) in [5.74, 6) is 0.766. The topological polar surface area (TPSA) is 68.2 Å². The first-order valence-corrected chi connectivity index (χ1v) is 9.41. The molecule has 0 radical (unpaired) electrons. The number of likely N-dealkylation sites (tertiary alicyclic amines) is 1. The summed E-state index contributed by atoms with van der Waals surface area (Å²) in [5.41, 5.74) is 3.34. The second-order valence-corrected chi connectivity index (χ2v) is 6.79. The highest BCUT2D eigenvalue weighted by Gasteiger charge is 2.32. The van der Waals surface area contributed by atoms with Crippen molar-refractivity contribution in [1.29, 1.82) is 0 Å². The average Bonchev–Trinajstić information content (AvgIpc) is 3.24. The van der Waals surface area contributed by atoms with E-state index in [1.165, 1.54) is 6.20 Å². The molecule has 0 spiro atoms. The van der Waals surface area contributed by atoms with Crippen molar-refractivity contribution in [3.05, 3.63) is 83.7 Å². The number of amides is 1. The van der Waals surface area contributed by atoms with Gasteiger partial charge in [-0.2, -0.15) is 0 Å². The first kappa shape index (κ1) is 18.1. The number of pyridine rings is 1. The Kier molecular flexibility index (Phi) is 5.28. The molecule has 142 valence electrons. The summed E-state index contributed by atoms with van der Waals surface area (Å²) in [6, 6.07) is 14.0. The van der Waals surface area contributed by atoms with Crippen molar-refractivity contribution in [2.24, 2.45) is 0 Å². The van der Waals surface area contributed by atoms with E-state index in [-0.39, 0.29) is 11.9 Å². The highest BCUT2D eigenvalue weighted by molar-refractivity contribution is 5.92. The van der Waals surface area contributed by atoms with Crippen LogP contribution in [0.1, 0.15) is 46.3 Å². The quantitative estimate of drug-likeness (QED) is 0.684. The van der Waals surface area contributed by atoms with Gasteiger partial charge in [0.15, 0.2) is 0 Å². The van der Waals surface area contributed by atoms with Gasteiger partial charge in [-0.1, -0.05) is 24.3 Å². The SMILES string of the molecule is COc1ccccc1Cc1cccc([C@@H]2CCCN2C(=O)c2cnccn2)n1. The fourth-order valence-electron chi connectivity index (χ4n) is 3.70. The number of carbonyl (C=O) groups is 1. The van der Waals surface area contributed by atoms with E-state index in [2.05, 4.69) is 9.97 Å². The number of rotatable bonds is 5. The van der Waals surface area contributed by atoms with E-state index < -0.39 is 0 Å². The van der Waals surface area contributed by atoms with Gasteiger partial charge in [-0.05, 0) is 31.0 Å². The van der Waals surface area contributed by atoms with E-state index in [1.54, 1.807) is 19.5 Å². The van der Waals surface area contributed by atoms with Crippen LogP contribution in [0, 0.1) is 0 Å². The van der Waals surface area contributed by atoms with Crippen molar-refractivity contribution in [3.63, 3.8) is 0 Å². The lowest BCUT2D eigenvalue weighted by atomic mass is 10.1. The molecule has 6 nitrogen and oxygen atoms in total. The highest BCUT2D eigenvalue weighted by Crippen LogP contribution is 2.32. The second kappa shape index (κ2) is 8.17. The molecule has 0 saturated carbocycles. The van der Waals surface area contributed by atoms with Gasteiger partial charge >= 0.3 is 0 Å². The number of benzene rings is 1. The number of ether oxygens (including phenoxy) is 1. The smallest absolute Gasteiger partial charge is 0.274 e. The molecule has 1 atom stereocenters. The van der Waals surface area contributed by atoms with Crippen LogP contribution < -0.4 is 4.74 Å². The molecule has 0 unspecified atom stereocenters. The standard InChI is InChI=1S/C22H22N4O2/c1-28-21-10-3-2-6-16(21)14-17-7-4-8-18(25-17)20-9-5-13-26(20)22(27)19-15-23-11-12-24-19/h2-4,6-8,10-12,15,20H,5,9,13-14H2,1H3/t20-/m0/s1. The molecule has 4 rings (SSSR count). The lowest BCUT2D eigenvalue weighted by molar-refractivity contribution is 0.0726. The molecule has 2 aromatic heterocycles. The lowest BCUT2D eigenvalue weighted by Crippen LogP contribution is -2.31. The summed E-state index contributed by atoms with van der Waals surface area (Å²) >= 11 is 0. The third kappa shape index (κ3) is 3.71. The molecule has 1 saturated heterocycles. The number of methoxy groups -OCH3 is 1. The normalized spacial score (nSPS) is 16.2. The van der Waals surface area contributed by atoms with Crippen molar-refractivity contribution in [1.82, 2.24) is 19.9 Å². The first-order valence-electron chi connectivity index (χ1n) is 9.41. The zero-order valence-corrected chi connectivity index (χ0v) is 15.8. The summed E-state index contributed by atoms with van der Waals surface area (Å²) in [5, 5.41) is 0. The van der Waals surface area contributed by atoms with Gasteiger partial charge in [0.1, 0.15) is 11.4 Å². The third-order valence-corrected chi connectivity index (χ3v) is 5.03. The van der Waals surface area contributed by atoms with Crippen molar-refractivity contribution < 1.29 is 9.53 Å². The van der Waals surface area contributed by atoms with Crippen molar-refractivity contribution in [3.8, 4) is 5.75 Å². The van der Waals surface area contributed by atoms with Gasteiger partial charge in [0, 0.05) is 36.6 Å². The highest BCUT2D eigenvalue weighted by atomic mass is 16.5. The first-order chi connectivity index (χ1) is 13.8. The van der Waals surface area contributed by atoms with Crippen LogP contribution in [0.4, 0.5) is 0 Å². The van der Waals surface area contributed by atoms with Gasteiger partial charge in [-0.15, -0.1) is 0 Å². The number of carbonyl (C=O) groups excluding carboxylic acids is 1. The molecule has 1 aliphatic heterocycles. The number of para-hydroxylation sites is 1. The van der Waals surface area contributed by atoms with Crippen molar-refractivity contribution >= 4 is 5.91 Å². The summed E-state index contributed by atoms with van der Waals surface area (Å²) in [6.45, 7) is 0.707. The molecule has 3 aromatic rings. The molecule has 0 aliphatic carbocycles. The molecule has 28 heavy (non-hydrogen) atoms. The molecular formula is C22H22N4O2. The minimum atomic E-state index is -0.0902. The van der Waals surface area contributed by atoms with Crippen molar-refractivity contribution in [2.45, 2.75) is 25.3 Å². The third-order valence-electron chi connectivity index (χ3n) is 5.03. The van der Waals surface area contributed by atoms with Crippen LogP contribution >= 0.6 is 0 Å². The Bertz CT molecular complexity index is 962. The van der Waals surface area contributed by atoms with Crippen LogP contribution in [0.3, 0.4) is 0 Å². The Balaban J connectivity index is 1.57. The van der Waals surface area contributed by atoms with Crippen LogP contribution in [0.2, 0.25) is 0 Å². The van der Waals surface area contributed by atoms with Gasteiger partial charge in [-0.25, -0.2) is 4.98 Å². The van der Waals surface area contributed by atoms with E-state index in [9.17, 15) is 4.79 Å². The largest absolute Gasteiger partial charge is 0.496 e. The van der Waals surface area contributed by atoms with Gasteiger partial charge in [-0.3, -0.25) is 14.8 Å². The average molecular weight is 374 g/mol. The number of aromatic nitrogens is 3. The van der Waals surface area contributed by atoms with E-state index in [4.69, 9.17) is 9.72 Å². The predicted octanol–water partition coefficient (Wildman–Crippen LogP) is 3.45. The summed E-state index contributed by atoms with van der Waals surface area (Å²) < 4.78 is 5.45. The van der Waals surface area contributed by atoms with Gasteiger partial charge in [0.05, 0.1) is 25.0 Å². The Hall–Kier alpha value is -3.28. The Morgan fingerprint density at radius 2 is 2.07 bits per heavy atom. The maximum absolute atomic E-state index is 12.9. The molecule has 0 bridgehead atoms. The van der Waals surface area contributed by atoms with Crippen LogP contribution in [-0.4, -0.2) is 39.4 Å². The van der Waals surface area contributed by atoms with Crippen LogP contribution in [-0.2, 0) is 6.42 Å². The zero-order chi connectivity index (χ0) is 19.3. The molecule has 1 aliphatic rings. The van der Waals surface area contributed by atoms with Crippen LogP contribution in [0.25, 0.3) is 0 Å². The maximum atomic E-state index is 12.9. The fraction of sp³-hybridized carbons (Fsp3) is 0.273. The monoisotopic (exact) mass is 374 g/mol. The van der Waals surface area contributed by atoms with Gasteiger partial charge < -0.3 is 9.64 Å². The van der Waals surface area contributed by atoms with Gasteiger partial charge in [0.2, 0.25) is 0 Å². The number of hydrogen-bond acceptors (Lipinski definition) is 5. The molecule has 0 N–H and O–H groups in total. The predicted molar refractivity (Wildman–Crippen MR) is 105 cm³/mol. The Morgan fingerprint density at radius 1 is 1.18 bits per heavy atom. The van der Waals surface area contributed by atoms with Crippen LogP contribution in [0.5, 0.6) is 5.75 Å². The van der Waals surface area contributed by atoms with Crippen molar-refractivity contribution in [2.75, 3.05) is 13.7 Å².